The minimum atomic E-state index is -4.78. The second kappa shape index (κ2) is 14.6. The lowest BCUT2D eigenvalue weighted by Gasteiger charge is -2.24. The molecule has 0 saturated carbocycles. The van der Waals surface area contributed by atoms with E-state index in [1.54, 1.807) is 23.9 Å². The van der Waals surface area contributed by atoms with Crippen molar-refractivity contribution in [3.8, 4) is 0 Å². The monoisotopic (exact) mass is 644 g/mol. The summed E-state index contributed by atoms with van der Waals surface area (Å²) < 4.78 is 70.4. The summed E-state index contributed by atoms with van der Waals surface area (Å²) in [6.45, 7) is 17.8. The summed E-state index contributed by atoms with van der Waals surface area (Å²) in [6, 6.07) is 15.9. The van der Waals surface area contributed by atoms with Crippen LogP contribution < -0.4 is 20.2 Å². The smallest absolute Gasteiger partial charge is 0.315 e. The van der Waals surface area contributed by atoms with Crippen molar-refractivity contribution in [1.82, 2.24) is 0 Å². The first-order valence-corrected chi connectivity index (χ1v) is 19.8. The molecule has 0 N–H and O–H groups in total. The van der Waals surface area contributed by atoms with Crippen molar-refractivity contribution in [3.63, 3.8) is 0 Å². The Morgan fingerprint density at radius 3 is 1.28 bits per heavy atom. The van der Waals surface area contributed by atoms with Crippen LogP contribution in [0.1, 0.15) is 20.3 Å². The van der Waals surface area contributed by atoms with Crippen molar-refractivity contribution in [2.24, 2.45) is 11.8 Å². The summed E-state index contributed by atoms with van der Waals surface area (Å²) in [4.78, 5) is 28.8. The lowest BCUT2D eigenvalue weighted by Crippen LogP contribution is -2.41. The lowest BCUT2D eigenvalue weighted by molar-refractivity contribution is -0.245. The van der Waals surface area contributed by atoms with Gasteiger partial charge in [0.15, 0.2) is 0 Å². The molecule has 2 aromatic rings. The number of halogens is 6. The van der Waals surface area contributed by atoms with E-state index in [2.05, 4.69) is 51.5 Å². The number of benzene rings is 2. The zero-order valence-corrected chi connectivity index (χ0v) is 28.0. The second-order valence-electron chi connectivity index (χ2n) is 11.7. The van der Waals surface area contributed by atoms with E-state index < -0.39 is 40.3 Å². The number of carbonyl (C=O) groups excluding carboxylic acids is 2. The zero-order valence-electron chi connectivity index (χ0n) is 26.0. The van der Waals surface area contributed by atoms with Crippen LogP contribution in [-0.2, 0) is 9.59 Å². The van der Waals surface area contributed by atoms with Crippen LogP contribution in [0.3, 0.4) is 0 Å². The van der Waals surface area contributed by atoms with Gasteiger partial charge in [0, 0.05) is 25.5 Å². The Kier molecular flexibility index (Phi) is 12.8. The van der Waals surface area contributed by atoms with E-state index in [0.717, 1.165) is 11.4 Å². The van der Waals surface area contributed by atoms with Gasteiger partial charge < -0.3 is 9.80 Å². The van der Waals surface area contributed by atoms with Gasteiger partial charge in [-0.2, -0.15) is 26.3 Å². The molecule has 2 unspecified atom stereocenters. The zero-order chi connectivity index (χ0) is 33.6. The molecule has 0 fully saturated rings. The third-order valence-corrected chi connectivity index (χ3v) is 13.4. The predicted molar refractivity (Wildman–Crippen MR) is 169 cm³/mol. The molecule has 12 heteroatoms. The fourth-order valence-corrected chi connectivity index (χ4v) is 6.25. The molecule has 2 aromatic carbocycles. The Hall–Kier alpha value is -3.13. The summed E-state index contributed by atoms with van der Waals surface area (Å²) in [7, 11) is -0.0366. The predicted octanol–water partition coefficient (Wildman–Crippen LogP) is 7.37. The van der Waals surface area contributed by atoms with Crippen molar-refractivity contribution in [2.45, 2.75) is 58.8 Å². The summed E-state index contributed by atoms with van der Waals surface area (Å²) in [5.41, 5.74) is 5.64. The molecular formula is C31H42F6N2O2Si2. The molecule has 0 heterocycles. The van der Waals surface area contributed by atoms with Crippen LogP contribution in [0.5, 0.6) is 0 Å². The Labute approximate surface area is 253 Å². The van der Waals surface area contributed by atoms with E-state index in [0.29, 0.717) is 13.8 Å². The fraction of sp³-hybridized carbons (Fsp3) is 0.419. The maximum atomic E-state index is 12.9. The van der Waals surface area contributed by atoms with Crippen LogP contribution in [0, 0.1) is 11.8 Å². The molecule has 4 nitrogen and oxygen atoms in total. The van der Waals surface area contributed by atoms with E-state index in [-0.39, 0.29) is 18.2 Å². The molecule has 43 heavy (non-hydrogen) atoms. The van der Waals surface area contributed by atoms with Gasteiger partial charge in [-0.15, -0.1) is 13.2 Å². The van der Waals surface area contributed by atoms with Gasteiger partial charge in [-0.25, -0.2) is 0 Å². The minimum absolute atomic E-state index is 0.188. The number of nitrogens with zero attached hydrogens (tertiary/aromatic N) is 2. The van der Waals surface area contributed by atoms with Crippen molar-refractivity contribution < 1.29 is 35.9 Å². The lowest BCUT2D eigenvalue weighted by atomic mass is 9.95. The first-order chi connectivity index (χ1) is 19.5. The molecule has 238 valence electrons. The average Bonchev–Trinajstić information content (AvgIpc) is 2.94. The van der Waals surface area contributed by atoms with E-state index in [1.165, 1.54) is 10.4 Å². The quantitative estimate of drug-likeness (QED) is 0.163. The van der Waals surface area contributed by atoms with Crippen LogP contribution in [0.4, 0.5) is 37.7 Å². The topological polar surface area (TPSA) is 40.6 Å². The Morgan fingerprint density at radius 2 is 1.02 bits per heavy atom. The van der Waals surface area contributed by atoms with Gasteiger partial charge in [-0.05, 0) is 24.3 Å². The van der Waals surface area contributed by atoms with Crippen LogP contribution in [0.15, 0.2) is 73.1 Å². The molecule has 0 saturated heterocycles. The first kappa shape index (κ1) is 37.9. The maximum Gasteiger partial charge on any atom is 0.392 e. The van der Waals surface area contributed by atoms with Crippen LogP contribution >= 0.6 is 0 Å². The van der Waals surface area contributed by atoms with Crippen molar-refractivity contribution in [2.75, 3.05) is 23.9 Å². The van der Waals surface area contributed by atoms with E-state index in [4.69, 9.17) is 0 Å². The molecule has 0 radical (unpaired) electrons. The molecule has 2 amide bonds. The van der Waals surface area contributed by atoms with Crippen molar-refractivity contribution >= 4 is 49.7 Å². The Balaban J connectivity index is 0.000000650. The largest absolute Gasteiger partial charge is 0.392 e. The van der Waals surface area contributed by atoms with E-state index >= 15 is 0 Å². The van der Waals surface area contributed by atoms with Gasteiger partial charge in [0.05, 0.1) is 11.8 Å². The highest BCUT2D eigenvalue weighted by atomic mass is 28.3. The molecule has 2 rings (SSSR count). The summed E-state index contributed by atoms with van der Waals surface area (Å²) in [6.07, 6.45) is -9.75. The van der Waals surface area contributed by atoms with Crippen LogP contribution in [-0.4, -0.2) is 54.4 Å². The highest BCUT2D eigenvalue weighted by Crippen LogP contribution is 2.39. The standard InChI is InChI=1S/C25H34N2O2Si2.C6H8F6/c1-9-30(5,6)22-15-11-13-20(17-22)26(3)24(28)19-25(29)27(4)21-14-12-16-23(18-21)31(7,8)10-2;1-3(5(7,8)9)4(2)6(10,11)12/h9-18H,1-2,19H2,3-8H3;3-4H,1-2H3. The number of rotatable bonds is 9. The first-order valence-electron chi connectivity index (χ1n) is 13.6. The van der Waals surface area contributed by atoms with Gasteiger partial charge in [-0.1, -0.05) is 86.1 Å². The Morgan fingerprint density at radius 1 is 0.721 bits per heavy atom. The fourth-order valence-electron chi connectivity index (χ4n) is 3.69. The number of amides is 2. The summed E-state index contributed by atoms with van der Waals surface area (Å²) in [5.74, 6) is -5.16. The van der Waals surface area contributed by atoms with Gasteiger partial charge >= 0.3 is 12.4 Å². The Bertz CT molecular complexity index is 1190. The molecule has 0 aliphatic rings. The van der Waals surface area contributed by atoms with Crippen LogP contribution in [0.25, 0.3) is 0 Å². The van der Waals surface area contributed by atoms with Gasteiger partial charge in [-0.3, -0.25) is 9.59 Å². The number of hydrogen-bond donors (Lipinski definition) is 0. The van der Waals surface area contributed by atoms with Gasteiger partial charge in [0.2, 0.25) is 11.8 Å². The van der Waals surface area contributed by atoms with Crippen LogP contribution in [0.2, 0.25) is 26.2 Å². The highest BCUT2D eigenvalue weighted by Gasteiger charge is 2.50. The molecular weight excluding hydrogens is 603 g/mol. The third-order valence-electron chi connectivity index (χ3n) is 7.81. The highest BCUT2D eigenvalue weighted by molar-refractivity contribution is 6.94. The van der Waals surface area contributed by atoms with Crippen molar-refractivity contribution in [1.29, 1.82) is 0 Å². The van der Waals surface area contributed by atoms with E-state index in [9.17, 15) is 35.9 Å². The summed E-state index contributed by atoms with van der Waals surface area (Å²) in [5, 5.41) is 2.41. The molecule has 0 aliphatic carbocycles. The van der Waals surface area contributed by atoms with E-state index in [1.807, 2.05) is 47.8 Å². The number of carbonyl (C=O) groups is 2. The number of anilines is 2. The minimum Gasteiger partial charge on any atom is -0.315 e. The molecule has 0 aliphatic heterocycles. The second-order valence-corrected chi connectivity index (χ2v) is 20.6. The van der Waals surface area contributed by atoms with Gasteiger partial charge in [0.1, 0.15) is 22.6 Å². The maximum absolute atomic E-state index is 12.9. The molecule has 0 aromatic heterocycles. The number of hydrogen-bond acceptors (Lipinski definition) is 2. The summed E-state index contributed by atoms with van der Waals surface area (Å²) >= 11 is 0. The third kappa shape index (κ3) is 10.5. The molecule has 2 atom stereocenters. The SMILES string of the molecule is C=C[Si](C)(C)c1cccc(N(C)C(=O)CC(=O)N(C)c2cccc([Si](C)(C)C=C)c2)c1.CC(C(C)C(F)(F)F)C(F)(F)F. The normalized spacial score (nSPS) is 13.6. The number of alkyl halides is 6. The molecule has 0 bridgehead atoms. The van der Waals surface area contributed by atoms with Crippen molar-refractivity contribution in [3.05, 3.63) is 73.1 Å². The average molecular weight is 645 g/mol. The van der Waals surface area contributed by atoms with Gasteiger partial charge in [0.25, 0.3) is 0 Å². The molecule has 0 spiro atoms.